The van der Waals surface area contributed by atoms with Crippen molar-refractivity contribution in [2.45, 2.75) is 19.3 Å². The number of aryl methyl sites for hydroxylation is 2. The molecule has 1 spiro atoms. The molecule has 2 aromatic heterocycles. The molecule has 0 amide bonds. The molecule has 5 heteroatoms. The molecule has 0 saturated heterocycles. The average Bonchev–Trinajstić information content (AvgIpc) is 3.57. The van der Waals surface area contributed by atoms with Crippen LogP contribution in [0.4, 0.5) is 0 Å². The Morgan fingerprint density at radius 2 is 0.914 bits per heavy atom. The molecule has 0 bridgehead atoms. The molecule has 2 aliphatic rings. The molecule has 58 heavy (non-hydrogen) atoms. The van der Waals surface area contributed by atoms with E-state index in [4.69, 9.17) is 19.7 Å². The molecule has 0 N–H and O–H groups in total. The minimum Gasteiger partial charge on any atom is -0.457 e. The highest BCUT2D eigenvalue weighted by Crippen LogP contribution is 2.62. The normalized spacial score (nSPS) is 14.6. The van der Waals surface area contributed by atoms with Crippen molar-refractivity contribution in [3.63, 3.8) is 0 Å². The Morgan fingerprint density at radius 3 is 1.67 bits per heavy atom. The summed E-state index contributed by atoms with van der Waals surface area (Å²) in [7, 11) is 0. The Hall–Kier alpha value is -7.50. The minimum absolute atomic E-state index is 0.614. The van der Waals surface area contributed by atoms with Crippen molar-refractivity contribution in [1.82, 2.24) is 19.9 Å². The van der Waals surface area contributed by atoms with E-state index < -0.39 is 5.41 Å². The fraction of sp³-hybridized carbons (Fsp3) is 0.0566. The molecule has 1 aliphatic heterocycles. The molecular formula is C53H36N4O. The summed E-state index contributed by atoms with van der Waals surface area (Å²) in [5.74, 6) is 3.53. The summed E-state index contributed by atoms with van der Waals surface area (Å²) < 4.78 is 6.85. The van der Waals surface area contributed by atoms with E-state index in [1.807, 2.05) is 42.6 Å². The van der Waals surface area contributed by atoms with Crippen molar-refractivity contribution in [2.75, 3.05) is 0 Å². The lowest BCUT2D eigenvalue weighted by atomic mass is 9.65. The average molecular weight is 745 g/mol. The largest absolute Gasteiger partial charge is 0.457 e. The molecule has 0 fully saturated rings. The van der Waals surface area contributed by atoms with Crippen LogP contribution < -0.4 is 4.74 Å². The molecule has 3 heterocycles. The van der Waals surface area contributed by atoms with E-state index >= 15 is 0 Å². The van der Waals surface area contributed by atoms with Crippen molar-refractivity contribution < 1.29 is 4.74 Å². The Labute approximate surface area is 337 Å². The Kier molecular flexibility index (Phi) is 7.76. The molecular weight excluding hydrogens is 709 g/mol. The van der Waals surface area contributed by atoms with Gasteiger partial charge in [0.05, 0.1) is 5.41 Å². The fourth-order valence-electron chi connectivity index (χ4n) is 8.93. The lowest BCUT2D eigenvalue weighted by molar-refractivity contribution is 0.436. The molecule has 9 aromatic rings. The van der Waals surface area contributed by atoms with Crippen molar-refractivity contribution in [3.05, 3.63) is 216 Å². The van der Waals surface area contributed by atoms with Gasteiger partial charge in [-0.05, 0) is 82.6 Å². The topological polar surface area (TPSA) is 60.8 Å². The summed E-state index contributed by atoms with van der Waals surface area (Å²) in [5.41, 5.74) is 15.7. The van der Waals surface area contributed by atoms with Gasteiger partial charge in [-0.2, -0.15) is 0 Å². The van der Waals surface area contributed by atoms with Crippen LogP contribution >= 0.6 is 0 Å². The molecule has 11 rings (SSSR count). The van der Waals surface area contributed by atoms with E-state index in [1.165, 1.54) is 22.3 Å². The Balaban J connectivity index is 1.12. The summed E-state index contributed by atoms with van der Waals surface area (Å²) >= 11 is 0. The zero-order valence-corrected chi connectivity index (χ0v) is 32.0. The maximum atomic E-state index is 6.85. The highest BCUT2D eigenvalue weighted by molar-refractivity contribution is 5.90. The number of benzene rings is 7. The molecule has 0 radical (unpaired) electrons. The molecule has 7 aromatic carbocycles. The lowest BCUT2D eigenvalue weighted by Crippen LogP contribution is -2.32. The van der Waals surface area contributed by atoms with Crippen molar-refractivity contribution in [2.24, 2.45) is 0 Å². The van der Waals surface area contributed by atoms with Gasteiger partial charge in [-0.1, -0.05) is 152 Å². The fourth-order valence-corrected chi connectivity index (χ4v) is 8.93. The van der Waals surface area contributed by atoms with Crippen LogP contribution in [0.2, 0.25) is 0 Å². The van der Waals surface area contributed by atoms with Crippen molar-refractivity contribution >= 4 is 0 Å². The minimum atomic E-state index is -0.657. The van der Waals surface area contributed by atoms with Gasteiger partial charge in [0.2, 0.25) is 0 Å². The van der Waals surface area contributed by atoms with Gasteiger partial charge in [-0.3, -0.25) is 4.98 Å². The summed E-state index contributed by atoms with van der Waals surface area (Å²) in [6, 6.07) is 61.9. The van der Waals surface area contributed by atoms with Gasteiger partial charge >= 0.3 is 0 Å². The number of pyridine rings is 1. The predicted octanol–water partition coefficient (Wildman–Crippen LogP) is 12.7. The number of hydrogen-bond donors (Lipinski definition) is 0. The second-order valence-electron chi connectivity index (χ2n) is 15.1. The van der Waals surface area contributed by atoms with Crippen LogP contribution in [0.15, 0.2) is 182 Å². The van der Waals surface area contributed by atoms with Crippen LogP contribution in [-0.4, -0.2) is 19.9 Å². The zero-order valence-electron chi connectivity index (χ0n) is 32.0. The first-order valence-corrected chi connectivity index (χ1v) is 19.6. The van der Waals surface area contributed by atoms with Crippen LogP contribution in [0.25, 0.3) is 67.5 Å². The van der Waals surface area contributed by atoms with Crippen LogP contribution in [0.5, 0.6) is 11.5 Å². The van der Waals surface area contributed by atoms with Gasteiger partial charge in [0.25, 0.3) is 0 Å². The smallest absolute Gasteiger partial charge is 0.164 e. The maximum absolute atomic E-state index is 6.85. The number of fused-ring (bicyclic) bond motifs is 9. The van der Waals surface area contributed by atoms with Crippen LogP contribution in [-0.2, 0) is 5.41 Å². The summed E-state index contributed by atoms with van der Waals surface area (Å²) in [6.45, 7) is 4.15. The standard InChI is InChI=1S/C53H36N4O/c1-33-29-43(34(2)54-32-33)39-26-28-46-49(31-39)58-48-20-12-11-19-45(48)53(46)44-18-10-9-17-41(44)42-27-25-40(30-47(42)53)52-56-50(37-15-7-4-8-16-37)55-51(57-52)38-23-21-36(22-24-38)35-13-5-3-6-14-35/h3-32H,1-2H3. The van der Waals surface area contributed by atoms with E-state index in [0.29, 0.717) is 17.5 Å². The Bertz CT molecular complexity index is 3050. The van der Waals surface area contributed by atoms with Gasteiger partial charge in [0.1, 0.15) is 11.5 Å². The third-order valence-electron chi connectivity index (χ3n) is 11.7. The van der Waals surface area contributed by atoms with Crippen molar-refractivity contribution in [1.29, 1.82) is 0 Å². The van der Waals surface area contributed by atoms with Crippen LogP contribution in [0, 0.1) is 13.8 Å². The van der Waals surface area contributed by atoms with E-state index in [2.05, 4.69) is 158 Å². The summed E-state index contributed by atoms with van der Waals surface area (Å²) in [4.78, 5) is 20.1. The molecule has 0 saturated carbocycles. The Morgan fingerprint density at radius 1 is 0.379 bits per heavy atom. The van der Waals surface area contributed by atoms with Gasteiger partial charge in [0.15, 0.2) is 17.5 Å². The highest BCUT2D eigenvalue weighted by Gasteiger charge is 2.51. The molecule has 1 aliphatic carbocycles. The molecule has 1 unspecified atom stereocenters. The SMILES string of the molecule is Cc1cnc(C)c(-c2ccc3c(c2)Oc2ccccc2C32c3ccccc3-c3ccc(-c4nc(-c5ccccc5)nc(-c5ccc(-c6ccccc6)cc5)n4)cc32)c1. The second-order valence-corrected chi connectivity index (χ2v) is 15.1. The van der Waals surface area contributed by atoms with Gasteiger partial charge in [-0.15, -0.1) is 0 Å². The highest BCUT2D eigenvalue weighted by atomic mass is 16.5. The van der Waals surface area contributed by atoms with Gasteiger partial charge < -0.3 is 4.74 Å². The summed E-state index contributed by atoms with van der Waals surface area (Å²) in [6.07, 6.45) is 1.92. The number of para-hydroxylation sites is 1. The monoisotopic (exact) mass is 744 g/mol. The van der Waals surface area contributed by atoms with Gasteiger partial charge in [-0.25, -0.2) is 15.0 Å². The molecule has 274 valence electrons. The second kappa shape index (κ2) is 13.3. The van der Waals surface area contributed by atoms with Crippen LogP contribution in [0.1, 0.15) is 33.5 Å². The number of nitrogens with zero attached hydrogens (tertiary/aromatic N) is 4. The number of aromatic nitrogens is 4. The first kappa shape index (κ1) is 33.8. The van der Waals surface area contributed by atoms with E-state index in [0.717, 1.165) is 72.8 Å². The van der Waals surface area contributed by atoms with Crippen molar-refractivity contribution in [3.8, 4) is 79.0 Å². The third kappa shape index (κ3) is 5.31. The number of hydrogen-bond acceptors (Lipinski definition) is 5. The lowest BCUT2D eigenvalue weighted by Gasteiger charge is -2.39. The molecule has 1 atom stereocenters. The van der Waals surface area contributed by atoms with E-state index in [9.17, 15) is 0 Å². The van der Waals surface area contributed by atoms with E-state index in [-0.39, 0.29) is 0 Å². The third-order valence-corrected chi connectivity index (χ3v) is 11.7. The maximum Gasteiger partial charge on any atom is 0.164 e. The van der Waals surface area contributed by atoms with Crippen LogP contribution in [0.3, 0.4) is 0 Å². The quantitative estimate of drug-likeness (QED) is 0.176. The zero-order chi connectivity index (χ0) is 38.8. The first-order chi connectivity index (χ1) is 28.5. The molecule has 5 nitrogen and oxygen atoms in total. The van der Waals surface area contributed by atoms with E-state index in [1.54, 1.807) is 0 Å². The number of rotatable bonds is 5. The van der Waals surface area contributed by atoms with Gasteiger partial charge in [0, 0.05) is 45.3 Å². The summed E-state index contributed by atoms with van der Waals surface area (Å²) in [5, 5.41) is 0. The first-order valence-electron chi connectivity index (χ1n) is 19.6. The number of ether oxygens (including phenoxy) is 1. The predicted molar refractivity (Wildman–Crippen MR) is 232 cm³/mol.